The summed E-state index contributed by atoms with van der Waals surface area (Å²) in [6.07, 6.45) is 0.845. The number of carbonyl (C=O) groups excluding carboxylic acids is 1. The quantitative estimate of drug-likeness (QED) is 0.634. The first-order valence-corrected chi connectivity index (χ1v) is 6.53. The molecule has 0 aliphatic carbocycles. The Kier molecular flexibility index (Phi) is 3.58. The molecule has 5 heteroatoms. The lowest BCUT2D eigenvalue weighted by Gasteiger charge is -2.23. The van der Waals surface area contributed by atoms with Gasteiger partial charge in [-0.2, -0.15) is 0 Å². The largest absolute Gasteiger partial charge is 0.399 e. The number of nitrogen functional groups attached to an aromatic ring is 1. The van der Waals surface area contributed by atoms with Crippen LogP contribution in [-0.2, 0) is 4.74 Å². The molecular formula is C12H15IN2O2. The number of carbonyl (C=O) groups is 1. The summed E-state index contributed by atoms with van der Waals surface area (Å²) in [6.45, 7) is 3.26. The molecule has 1 fully saturated rings. The van der Waals surface area contributed by atoms with Crippen molar-refractivity contribution < 1.29 is 9.53 Å². The van der Waals surface area contributed by atoms with Gasteiger partial charge in [0.2, 0.25) is 0 Å². The molecular weight excluding hydrogens is 331 g/mol. The van der Waals surface area contributed by atoms with Gasteiger partial charge in [0.15, 0.2) is 0 Å². The van der Waals surface area contributed by atoms with Gasteiger partial charge in [0.05, 0.1) is 12.1 Å². The van der Waals surface area contributed by atoms with Crippen molar-refractivity contribution in [1.82, 2.24) is 5.32 Å². The van der Waals surface area contributed by atoms with Gasteiger partial charge in [-0.15, -0.1) is 0 Å². The maximum Gasteiger partial charge on any atom is 0.251 e. The maximum atomic E-state index is 12.1. The van der Waals surface area contributed by atoms with Crippen LogP contribution in [-0.4, -0.2) is 24.7 Å². The summed E-state index contributed by atoms with van der Waals surface area (Å²) >= 11 is 2.15. The lowest BCUT2D eigenvalue weighted by Crippen LogP contribution is -2.46. The van der Waals surface area contributed by atoms with E-state index in [2.05, 4.69) is 27.9 Å². The van der Waals surface area contributed by atoms with E-state index < -0.39 is 0 Å². The first-order valence-electron chi connectivity index (χ1n) is 5.45. The lowest BCUT2D eigenvalue weighted by molar-refractivity contribution is 0.0890. The summed E-state index contributed by atoms with van der Waals surface area (Å²) in [5.41, 5.74) is 6.68. The predicted octanol–water partition coefficient (Wildman–Crippen LogP) is 1.78. The molecule has 1 saturated heterocycles. The van der Waals surface area contributed by atoms with E-state index in [0.717, 1.165) is 9.99 Å². The van der Waals surface area contributed by atoms with Crippen molar-refractivity contribution in [3.05, 3.63) is 27.3 Å². The monoisotopic (exact) mass is 346 g/mol. The van der Waals surface area contributed by atoms with Crippen LogP contribution >= 0.6 is 22.6 Å². The highest BCUT2D eigenvalue weighted by molar-refractivity contribution is 14.1. The van der Waals surface area contributed by atoms with Crippen molar-refractivity contribution in [2.75, 3.05) is 18.9 Å². The topological polar surface area (TPSA) is 64.4 Å². The van der Waals surface area contributed by atoms with Gasteiger partial charge in [0.1, 0.15) is 0 Å². The molecule has 0 radical (unpaired) electrons. The second-order valence-electron chi connectivity index (χ2n) is 4.59. The Labute approximate surface area is 114 Å². The normalized spacial score (nSPS) is 23.6. The molecule has 1 aliphatic rings. The van der Waals surface area contributed by atoms with Crippen molar-refractivity contribution in [2.45, 2.75) is 18.9 Å². The molecule has 0 saturated carbocycles. The van der Waals surface area contributed by atoms with Crippen molar-refractivity contribution in [2.24, 2.45) is 0 Å². The van der Waals surface area contributed by atoms with Crippen LogP contribution in [0.25, 0.3) is 0 Å². The van der Waals surface area contributed by atoms with E-state index in [4.69, 9.17) is 10.5 Å². The molecule has 4 nitrogen and oxygen atoms in total. The van der Waals surface area contributed by atoms with Crippen LogP contribution in [0.2, 0.25) is 0 Å². The predicted molar refractivity (Wildman–Crippen MR) is 74.9 cm³/mol. The van der Waals surface area contributed by atoms with Crippen LogP contribution in [0.5, 0.6) is 0 Å². The van der Waals surface area contributed by atoms with Crippen LogP contribution in [0.1, 0.15) is 23.7 Å². The Bertz CT molecular complexity index is 422. The van der Waals surface area contributed by atoms with E-state index >= 15 is 0 Å². The van der Waals surface area contributed by atoms with Crippen LogP contribution < -0.4 is 11.1 Å². The van der Waals surface area contributed by atoms with Gasteiger partial charge in [0, 0.05) is 21.4 Å². The number of nitrogens with two attached hydrogens (primary N) is 1. The zero-order valence-corrected chi connectivity index (χ0v) is 11.8. The second-order valence-corrected chi connectivity index (χ2v) is 5.84. The highest BCUT2D eigenvalue weighted by atomic mass is 127. The fraction of sp³-hybridized carbons (Fsp3) is 0.417. The van der Waals surface area contributed by atoms with Crippen LogP contribution in [0.3, 0.4) is 0 Å². The van der Waals surface area contributed by atoms with E-state index in [1.54, 1.807) is 6.07 Å². The number of halogens is 1. The fourth-order valence-electron chi connectivity index (χ4n) is 1.86. The zero-order valence-electron chi connectivity index (χ0n) is 9.63. The molecule has 1 aliphatic heterocycles. The summed E-state index contributed by atoms with van der Waals surface area (Å²) in [6, 6.07) is 5.35. The summed E-state index contributed by atoms with van der Waals surface area (Å²) in [4.78, 5) is 12.1. The molecule has 1 heterocycles. The summed E-state index contributed by atoms with van der Waals surface area (Å²) < 4.78 is 6.26. The van der Waals surface area contributed by atoms with Gasteiger partial charge < -0.3 is 15.8 Å². The average Bonchev–Trinajstić information content (AvgIpc) is 2.63. The summed E-state index contributed by atoms with van der Waals surface area (Å²) in [7, 11) is 0. The van der Waals surface area contributed by atoms with Crippen LogP contribution in [0.4, 0.5) is 5.69 Å². The number of anilines is 1. The van der Waals surface area contributed by atoms with Gasteiger partial charge in [-0.1, -0.05) is 0 Å². The third-order valence-corrected chi connectivity index (χ3v) is 3.44. The van der Waals surface area contributed by atoms with Crippen molar-refractivity contribution in [3.8, 4) is 0 Å². The summed E-state index contributed by atoms with van der Waals surface area (Å²) in [5, 5.41) is 3.00. The first kappa shape index (κ1) is 12.6. The first-order chi connectivity index (χ1) is 7.98. The van der Waals surface area contributed by atoms with E-state index in [1.807, 2.05) is 19.1 Å². The molecule has 1 amide bonds. The molecule has 92 valence electrons. The SMILES string of the molecule is CC1(NC(=O)c2cc(N)cc(I)c2)CCOC1. The summed E-state index contributed by atoms with van der Waals surface area (Å²) in [5.74, 6) is -0.0942. The van der Waals surface area contributed by atoms with E-state index in [-0.39, 0.29) is 11.4 Å². The number of benzene rings is 1. The Morgan fingerprint density at radius 2 is 2.29 bits per heavy atom. The van der Waals surface area contributed by atoms with Gasteiger partial charge in [-0.25, -0.2) is 0 Å². The van der Waals surface area contributed by atoms with Gasteiger partial charge in [0.25, 0.3) is 5.91 Å². The number of hydrogen-bond acceptors (Lipinski definition) is 3. The molecule has 1 unspecified atom stereocenters. The number of ether oxygens (including phenoxy) is 1. The Hall–Kier alpha value is -0.820. The van der Waals surface area contributed by atoms with E-state index in [9.17, 15) is 4.79 Å². The molecule has 3 N–H and O–H groups in total. The van der Waals surface area contributed by atoms with E-state index in [0.29, 0.717) is 24.5 Å². The molecule has 0 aromatic heterocycles. The molecule has 17 heavy (non-hydrogen) atoms. The van der Waals surface area contributed by atoms with Gasteiger partial charge in [-0.05, 0) is 54.1 Å². The number of rotatable bonds is 2. The molecule has 0 bridgehead atoms. The van der Waals surface area contributed by atoms with Crippen LogP contribution in [0, 0.1) is 3.57 Å². The third-order valence-electron chi connectivity index (χ3n) is 2.82. The van der Waals surface area contributed by atoms with E-state index in [1.165, 1.54) is 0 Å². The highest BCUT2D eigenvalue weighted by Crippen LogP contribution is 2.19. The van der Waals surface area contributed by atoms with Crippen molar-refractivity contribution in [1.29, 1.82) is 0 Å². The molecule has 1 aromatic carbocycles. The van der Waals surface area contributed by atoms with Crippen molar-refractivity contribution in [3.63, 3.8) is 0 Å². The number of hydrogen-bond donors (Lipinski definition) is 2. The van der Waals surface area contributed by atoms with Crippen LogP contribution in [0.15, 0.2) is 18.2 Å². The standard InChI is InChI=1S/C12H15IN2O2/c1-12(2-3-17-7-12)15-11(16)8-4-9(13)6-10(14)5-8/h4-6H,2-3,7,14H2,1H3,(H,15,16). The average molecular weight is 346 g/mol. The Balaban J connectivity index is 2.14. The number of nitrogens with one attached hydrogen (secondary N) is 1. The van der Waals surface area contributed by atoms with Gasteiger partial charge in [-0.3, -0.25) is 4.79 Å². The number of amides is 1. The minimum Gasteiger partial charge on any atom is -0.399 e. The minimum atomic E-state index is -0.257. The molecule has 0 spiro atoms. The minimum absolute atomic E-state index is 0.0942. The van der Waals surface area contributed by atoms with Gasteiger partial charge >= 0.3 is 0 Å². The molecule has 1 atom stereocenters. The Morgan fingerprint density at radius 3 is 2.88 bits per heavy atom. The maximum absolute atomic E-state index is 12.1. The van der Waals surface area contributed by atoms with Crippen molar-refractivity contribution >= 4 is 34.2 Å². The third kappa shape index (κ3) is 3.10. The second kappa shape index (κ2) is 4.81. The Morgan fingerprint density at radius 1 is 1.53 bits per heavy atom. The zero-order chi connectivity index (χ0) is 12.5. The molecule has 2 rings (SSSR count). The lowest BCUT2D eigenvalue weighted by atomic mass is 10.0. The molecule has 1 aromatic rings. The fourth-order valence-corrected chi connectivity index (χ4v) is 2.55. The smallest absolute Gasteiger partial charge is 0.251 e. The highest BCUT2D eigenvalue weighted by Gasteiger charge is 2.31.